The summed E-state index contributed by atoms with van der Waals surface area (Å²) in [5.41, 5.74) is 9.04. The van der Waals surface area contributed by atoms with Crippen LogP contribution in [0.4, 0.5) is 4.79 Å². The zero-order chi connectivity index (χ0) is 17.7. The van der Waals surface area contributed by atoms with Crippen molar-refractivity contribution >= 4 is 6.16 Å². The predicted octanol–water partition coefficient (Wildman–Crippen LogP) is 3.78. The van der Waals surface area contributed by atoms with Crippen LogP contribution in [0.5, 0.6) is 0 Å². The molecule has 24 heavy (non-hydrogen) atoms. The molecule has 0 amide bonds. The van der Waals surface area contributed by atoms with E-state index in [-0.39, 0.29) is 17.9 Å². The lowest BCUT2D eigenvalue weighted by molar-refractivity contribution is -1.05. The van der Waals surface area contributed by atoms with Gasteiger partial charge in [0.15, 0.2) is 0 Å². The summed E-state index contributed by atoms with van der Waals surface area (Å²) >= 11 is 0. The molecule has 1 aromatic rings. The van der Waals surface area contributed by atoms with E-state index < -0.39 is 6.16 Å². The van der Waals surface area contributed by atoms with E-state index in [9.17, 15) is 10.0 Å². The Labute approximate surface area is 141 Å². The number of quaternary nitrogens is 1. The number of carbonyl (C=O) groups is 1. The van der Waals surface area contributed by atoms with Gasteiger partial charge in [-0.2, -0.15) is 4.65 Å². The van der Waals surface area contributed by atoms with Crippen molar-refractivity contribution in [2.45, 2.75) is 19.4 Å². The quantitative estimate of drug-likeness (QED) is 0.134. The van der Waals surface area contributed by atoms with Gasteiger partial charge in [-0.25, -0.2) is 10.0 Å². The van der Waals surface area contributed by atoms with E-state index >= 15 is 0 Å². The standard InChI is InChI=1S/C16H23N4O4/c1-20(22,11-6-5-10-18-19-17)12-7-13-23-16(21)24-14-15-8-3-2-4-9-15/h2-4,7-9,12,22H,5-6,10-11,13-14H2,1H3/q+1/b12-7+. The van der Waals surface area contributed by atoms with E-state index in [0.717, 1.165) is 5.56 Å². The number of benzene rings is 1. The van der Waals surface area contributed by atoms with Gasteiger partial charge in [-0.15, -0.1) is 0 Å². The number of hydrogen-bond donors (Lipinski definition) is 1. The second-order valence-corrected chi connectivity index (χ2v) is 5.32. The van der Waals surface area contributed by atoms with Crippen molar-refractivity contribution in [1.82, 2.24) is 0 Å². The first-order valence-corrected chi connectivity index (χ1v) is 7.63. The Hall–Kier alpha value is -2.54. The Balaban J connectivity index is 2.18. The number of azide groups is 1. The third kappa shape index (κ3) is 9.47. The highest BCUT2D eigenvalue weighted by Gasteiger charge is 2.14. The first kappa shape index (κ1) is 19.5. The fourth-order valence-electron chi connectivity index (χ4n) is 1.88. The van der Waals surface area contributed by atoms with Gasteiger partial charge in [0.1, 0.15) is 33.0 Å². The molecule has 130 valence electrons. The number of unbranched alkanes of at least 4 members (excludes halogenated alkanes) is 1. The molecule has 0 saturated carbocycles. The summed E-state index contributed by atoms with van der Waals surface area (Å²) in [7, 11) is 1.61. The lowest BCUT2D eigenvalue weighted by Crippen LogP contribution is -2.35. The van der Waals surface area contributed by atoms with Crippen LogP contribution in [0.25, 0.3) is 10.4 Å². The van der Waals surface area contributed by atoms with Gasteiger partial charge in [-0.1, -0.05) is 35.4 Å². The fourth-order valence-corrected chi connectivity index (χ4v) is 1.88. The van der Waals surface area contributed by atoms with Gasteiger partial charge in [-0.3, -0.25) is 0 Å². The number of hydrogen-bond acceptors (Lipinski definition) is 5. The number of ether oxygens (including phenoxy) is 2. The van der Waals surface area contributed by atoms with Crippen LogP contribution in [0.2, 0.25) is 0 Å². The van der Waals surface area contributed by atoms with Crippen LogP contribution in [0, 0.1) is 0 Å². The van der Waals surface area contributed by atoms with Crippen LogP contribution in [-0.4, -0.2) is 42.8 Å². The average Bonchev–Trinajstić information content (AvgIpc) is 2.57. The molecule has 0 radical (unpaired) electrons. The molecule has 1 aromatic carbocycles. The smallest absolute Gasteiger partial charge is 0.430 e. The first-order valence-electron chi connectivity index (χ1n) is 7.63. The zero-order valence-electron chi connectivity index (χ0n) is 13.7. The molecule has 1 rings (SSSR count). The van der Waals surface area contributed by atoms with Gasteiger partial charge in [0.05, 0.1) is 0 Å². The minimum Gasteiger partial charge on any atom is -0.430 e. The van der Waals surface area contributed by atoms with Crippen LogP contribution >= 0.6 is 0 Å². The molecule has 1 unspecified atom stereocenters. The van der Waals surface area contributed by atoms with Gasteiger partial charge in [0, 0.05) is 17.5 Å². The van der Waals surface area contributed by atoms with Gasteiger partial charge in [0.2, 0.25) is 0 Å². The summed E-state index contributed by atoms with van der Waals surface area (Å²) in [5, 5.41) is 13.5. The molecule has 0 spiro atoms. The van der Waals surface area contributed by atoms with Crippen molar-refractivity contribution < 1.29 is 24.1 Å². The number of carbonyl (C=O) groups excluding carboxylic acids is 1. The first-order chi connectivity index (χ1) is 11.5. The summed E-state index contributed by atoms with van der Waals surface area (Å²) in [6.45, 7) is 1.05. The summed E-state index contributed by atoms with van der Waals surface area (Å²) in [6.07, 6.45) is 3.73. The summed E-state index contributed by atoms with van der Waals surface area (Å²) in [4.78, 5) is 14.1. The van der Waals surface area contributed by atoms with E-state index in [1.165, 1.54) is 6.20 Å². The molecule has 1 atom stereocenters. The third-order valence-electron chi connectivity index (χ3n) is 3.11. The van der Waals surface area contributed by atoms with Crippen molar-refractivity contribution in [3.8, 4) is 0 Å². The summed E-state index contributed by atoms with van der Waals surface area (Å²) in [6, 6.07) is 9.31. The van der Waals surface area contributed by atoms with Crippen molar-refractivity contribution in [3.63, 3.8) is 0 Å². The third-order valence-corrected chi connectivity index (χ3v) is 3.11. The van der Waals surface area contributed by atoms with Gasteiger partial charge in [-0.05, 0) is 23.9 Å². The molecule has 0 aromatic heterocycles. The fraction of sp³-hybridized carbons (Fsp3) is 0.438. The molecule has 0 fully saturated rings. The molecule has 1 N–H and O–H groups in total. The topological polar surface area (TPSA) is 105 Å². The SMILES string of the molecule is C[N+](O)(/C=C/COC(=O)OCc1ccccc1)CCCCN=[N+]=[N-]. The van der Waals surface area contributed by atoms with E-state index in [4.69, 9.17) is 15.0 Å². The van der Waals surface area contributed by atoms with Crippen LogP contribution in [-0.2, 0) is 16.1 Å². The molecule has 0 aliphatic carbocycles. The monoisotopic (exact) mass is 335 g/mol. The normalized spacial score (nSPS) is 13.1. The van der Waals surface area contributed by atoms with Gasteiger partial charge < -0.3 is 9.47 Å². The molecule has 0 saturated heterocycles. The Morgan fingerprint density at radius 1 is 1.33 bits per heavy atom. The largest absolute Gasteiger partial charge is 0.508 e. The van der Waals surface area contributed by atoms with E-state index in [1.807, 2.05) is 30.3 Å². The predicted molar refractivity (Wildman–Crippen MR) is 87.8 cm³/mol. The Bertz CT molecular complexity index is 569. The molecule has 0 heterocycles. The van der Waals surface area contributed by atoms with E-state index in [1.54, 1.807) is 13.1 Å². The molecule has 8 heteroatoms. The van der Waals surface area contributed by atoms with E-state index in [2.05, 4.69) is 10.0 Å². The molecular formula is C16H23N4O4+. The highest BCUT2D eigenvalue weighted by molar-refractivity contribution is 5.60. The van der Waals surface area contributed by atoms with Crippen LogP contribution in [0.15, 0.2) is 47.7 Å². The lowest BCUT2D eigenvalue weighted by atomic mass is 10.2. The molecular weight excluding hydrogens is 312 g/mol. The Morgan fingerprint density at radius 3 is 2.79 bits per heavy atom. The summed E-state index contributed by atoms with van der Waals surface area (Å²) < 4.78 is 9.52. The molecule has 0 aliphatic heterocycles. The maximum absolute atomic E-state index is 11.4. The minimum atomic E-state index is -0.759. The number of nitrogens with zero attached hydrogens (tertiary/aromatic N) is 4. The van der Waals surface area contributed by atoms with E-state index in [0.29, 0.717) is 25.9 Å². The number of rotatable bonds is 10. The zero-order valence-corrected chi connectivity index (χ0v) is 13.7. The highest BCUT2D eigenvalue weighted by atomic mass is 16.7. The Kier molecular flexibility index (Phi) is 8.99. The van der Waals surface area contributed by atoms with Crippen molar-refractivity contribution in [3.05, 3.63) is 58.6 Å². The highest BCUT2D eigenvalue weighted by Crippen LogP contribution is 2.04. The molecule has 0 bridgehead atoms. The van der Waals surface area contributed by atoms with Gasteiger partial charge >= 0.3 is 6.16 Å². The van der Waals surface area contributed by atoms with Crippen molar-refractivity contribution in [2.24, 2.45) is 5.11 Å². The lowest BCUT2D eigenvalue weighted by Gasteiger charge is -2.20. The van der Waals surface area contributed by atoms with Crippen molar-refractivity contribution in [2.75, 3.05) is 26.7 Å². The van der Waals surface area contributed by atoms with Crippen molar-refractivity contribution in [1.29, 1.82) is 0 Å². The molecule has 8 nitrogen and oxygen atoms in total. The van der Waals surface area contributed by atoms with Crippen LogP contribution in [0.3, 0.4) is 0 Å². The minimum absolute atomic E-state index is 0.0146. The summed E-state index contributed by atoms with van der Waals surface area (Å²) in [5.74, 6) is 0. The maximum Gasteiger partial charge on any atom is 0.508 e. The maximum atomic E-state index is 11.4. The van der Waals surface area contributed by atoms with Gasteiger partial charge in [0.25, 0.3) is 0 Å². The van der Waals surface area contributed by atoms with Crippen LogP contribution < -0.4 is 0 Å². The second kappa shape index (κ2) is 11.1. The molecule has 0 aliphatic rings. The van der Waals surface area contributed by atoms with Crippen LogP contribution in [0.1, 0.15) is 18.4 Å². The average molecular weight is 335 g/mol. The Morgan fingerprint density at radius 2 is 2.08 bits per heavy atom. The number of hydroxylamine groups is 3. The second-order valence-electron chi connectivity index (χ2n) is 5.32.